The smallest absolute Gasteiger partial charge is 0.165 e. The Balaban J connectivity index is 1.98. The lowest BCUT2D eigenvalue weighted by molar-refractivity contribution is 0.0968. The van der Waals surface area contributed by atoms with Gasteiger partial charge in [0.2, 0.25) is 0 Å². The number of ether oxygens (including phenoxy) is 1. The molecule has 0 aliphatic heterocycles. The summed E-state index contributed by atoms with van der Waals surface area (Å²) in [4.78, 5) is 0. The van der Waals surface area contributed by atoms with Crippen LogP contribution >= 0.6 is 0 Å². The van der Waals surface area contributed by atoms with Gasteiger partial charge in [0.25, 0.3) is 0 Å². The van der Waals surface area contributed by atoms with E-state index in [9.17, 15) is 4.39 Å². The third-order valence-corrected chi connectivity index (χ3v) is 4.86. The number of nitrogens with two attached hydrogens (primary N) is 1. The second-order valence-electron chi connectivity index (χ2n) is 6.64. The first kappa shape index (κ1) is 16.3. The standard InChI is InChI=1S/C18H28FNO/c1-4-15(20)10-14-6-8-18(17(19)11-14)21-16-7-5-12(2)13(3)9-16/h6,8,11-13,15-16H,4-5,7,9-10,20H2,1-3H3. The Bertz CT molecular complexity index is 463. The van der Waals surface area contributed by atoms with Gasteiger partial charge >= 0.3 is 0 Å². The van der Waals surface area contributed by atoms with Crippen molar-refractivity contribution >= 4 is 0 Å². The molecule has 2 N–H and O–H groups in total. The highest BCUT2D eigenvalue weighted by molar-refractivity contribution is 5.30. The summed E-state index contributed by atoms with van der Waals surface area (Å²) in [6.07, 6.45) is 4.96. The maximum atomic E-state index is 14.2. The van der Waals surface area contributed by atoms with Gasteiger partial charge in [-0.15, -0.1) is 0 Å². The summed E-state index contributed by atoms with van der Waals surface area (Å²) in [7, 11) is 0. The normalized spacial score (nSPS) is 27.4. The Hall–Kier alpha value is -1.09. The summed E-state index contributed by atoms with van der Waals surface area (Å²) >= 11 is 0. The highest BCUT2D eigenvalue weighted by Gasteiger charge is 2.26. The third kappa shape index (κ3) is 4.44. The minimum absolute atomic E-state index is 0.0943. The van der Waals surface area contributed by atoms with E-state index in [-0.39, 0.29) is 18.0 Å². The first-order chi connectivity index (χ1) is 9.99. The zero-order valence-electron chi connectivity index (χ0n) is 13.4. The molecule has 1 aromatic rings. The monoisotopic (exact) mass is 293 g/mol. The van der Waals surface area contributed by atoms with Crippen LogP contribution in [0.5, 0.6) is 5.75 Å². The van der Waals surface area contributed by atoms with Crippen molar-refractivity contribution in [3.63, 3.8) is 0 Å². The molecular formula is C18H28FNO. The molecule has 0 bridgehead atoms. The maximum Gasteiger partial charge on any atom is 0.165 e. The lowest BCUT2D eigenvalue weighted by Gasteiger charge is -2.32. The molecule has 2 nitrogen and oxygen atoms in total. The van der Waals surface area contributed by atoms with Crippen LogP contribution in [-0.2, 0) is 6.42 Å². The van der Waals surface area contributed by atoms with E-state index in [4.69, 9.17) is 10.5 Å². The third-order valence-electron chi connectivity index (χ3n) is 4.86. The van der Waals surface area contributed by atoms with Gasteiger partial charge in [-0.3, -0.25) is 0 Å². The Morgan fingerprint density at radius 1 is 1.29 bits per heavy atom. The van der Waals surface area contributed by atoms with Crippen molar-refractivity contribution < 1.29 is 9.13 Å². The van der Waals surface area contributed by atoms with Gasteiger partial charge < -0.3 is 10.5 Å². The number of rotatable bonds is 5. The van der Waals surface area contributed by atoms with Gasteiger partial charge in [-0.05, 0) is 61.6 Å². The second-order valence-corrected chi connectivity index (χ2v) is 6.64. The van der Waals surface area contributed by atoms with E-state index < -0.39 is 0 Å². The van der Waals surface area contributed by atoms with Gasteiger partial charge in [0.15, 0.2) is 11.6 Å². The molecule has 0 aromatic heterocycles. The predicted molar refractivity (Wildman–Crippen MR) is 85.0 cm³/mol. The van der Waals surface area contributed by atoms with Gasteiger partial charge in [0, 0.05) is 6.04 Å². The minimum atomic E-state index is -0.262. The summed E-state index contributed by atoms with van der Waals surface area (Å²) in [6.45, 7) is 6.59. The molecule has 4 unspecified atom stereocenters. The first-order valence-corrected chi connectivity index (χ1v) is 8.20. The Labute approximate surface area is 127 Å². The highest BCUT2D eigenvalue weighted by Crippen LogP contribution is 2.32. The van der Waals surface area contributed by atoms with E-state index in [1.807, 2.05) is 13.0 Å². The van der Waals surface area contributed by atoms with Crippen LogP contribution in [0.4, 0.5) is 4.39 Å². The lowest BCUT2D eigenvalue weighted by Crippen LogP contribution is -2.29. The van der Waals surface area contributed by atoms with Crippen LogP contribution in [-0.4, -0.2) is 12.1 Å². The summed E-state index contributed by atoms with van der Waals surface area (Å²) in [5, 5.41) is 0. The Morgan fingerprint density at radius 2 is 2.05 bits per heavy atom. The molecule has 0 radical (unpaired) electrons. The first-order valence-electron chi connectivity index (χ1n) is 8.20. The van der Waals surface area contributed by atoms with E-state index in [2.05, 4.69) is 13.8 Å². The van der Waals surface area contributed by atoms with Gasteiger partial charge in [0.05, 0.1) is 6.10 Å². The highest BCUT2D eigenvalue weighted by atomic mass is 19.1. The van der Waals surface area contributed by atoms with Crippen molar-refractivity contribution in [2.45, 2.75) is 65.0 Å². The summed E-state index contributed by atoms with van der Waals surface area (Å²) in [6, 6.07) is 5.36. The van der Waals surface area contributed by atoms with Crippen molar-refractivity contribution in [3.8, 4) is 5.75 Å². The maximum absolute atomic E-state index is 14.2. The van der Waals surface area contributed by atoms with Crippen molar-refractivity contribution in [2.24, 2.45) is 17.6 Å². The molecule has 0 saturated heterocycles. The molecule has 0 amide bonds. The fraction of sp³-hybridized carbons (Fsp3) is 0.667. The molecule has 1 fully saturated rings. The van der Waals surface area contributed by atoms with Crippen LogP contribution in [0.3, 0.4) is 0 Å². The van der Waals surface area contributed by atoms with E-state index >= 15 is 0 Å². The topological polar surface area (TPSA) is 35.2 Å². The van der Waals surface area contributed by atoms with Gasteiger partial charge in [-0.1, -0.05) is 26.8 Å². The predicted octanol–water partition coefficient (Wildman–Crippen LogP) is 4.31. The van der Waals surface area contributed by atoms with Gasteiger partial charge in [0.1, 0.15) is 0 Å². The summed E-state index contributed by atoms with van der Waals surface area (Å²) < 4.78 is 20.1. The number of benzene rings is 1. The van der Waals surface area contributed by atoms with Gasteiger partial charge in [-0.2, -0.15) is 0 Å². The van der Waals surface area contributed by atoms with Crippen molar-refractivity contribution in [1.82, 2.24) is 0 Å². The van der Waals surface area contributed by atoms with E-state index in [0.29, 0.717) is 18.1 Å². The number of hydrogen-bond acceptors (Lipinski definition) is 2. The molecule has 3 heteroatoms. The number of hydrogen-bond donors (Lipinski definition) is 1. The van der Waals surface area contributed by atoms with Crippen LogP contribution in [0, 0.1) is 17.7 Å². The fourth-order valence-corrected chi connectivity index (χ4v) is 3.00. The van der Waals surface area contributed by atoms with E-state index in [1.54, 1.807) is 12.1 Å². The molecule has 118 valence electrons. The van der Waals surface area contributed by atoms with Crippen LogP contribution in [0.2, 0.25) is 0 Å². The molecule has 21 heavy (non-hydrogen) atoms. The average Bonchev–Trinajstić information content (AvgIpc) is 2.45. The zero-order valence-corrected chi connectivity index (χ0v) is 13.4. The van der Waals surface area contributed by atoms with Crippen molar-refractivity contribution in [1.29, 1.82) is 0 Å². The van der Waals surface area contributed by atoms with Crippen molar-refractivity contribution in [3.05, 3.63) is 29.6 Å². The van der Waals surface area contributed by atoms with Crippen molar-refractivity contribution in [2.75, 3.05) is 0 Å². The van der Waals surface area contributed by atoms with Crippen LogP contribution in [0.25, 0.3) is 0 Å². The van der Waals surface area contributed by atoms with E-state index in [0.717, 1.165) is 37.2 Å². The quantitative estimate of drug-likeness (QED) is 0.878. The molecule has 1 aliphatic rings. The fourth-order valence-electron chi connectivity index (χ4n) is 3.00. The van der Waals surface area contributed by atoms with E-state index in [1.165, 1.54) is 0 Å². The second kappa shape index (κ2) is 7.26. The van der Waals surface area contributed by atoms with Gasteiger partial charge in [-0.25, -0.2) is 4.39 Å². The molecule has 2 rings (SSSR count). The van der Waals surface area contributed by atoms with Crippen LogP contribution in [0.1, 0.15) is 52.0 Å². The Kier molecular flexibility index (Phi) is 5.63. The molecule has 0 spiro atoms. The van der Waals surface area contributed by atoms with Crippen LogP contribution in [0.15, 0.2) is 18.2 Å². The molecule has 1 aliphatic carbocycles. The molecular weight excluding hydrogens is 265 g/mol. The average molecular weight is 293 g/mol. The largest absolute Gasteiger partial charge is 0.487 e. The minimum Gasteiger partial charge on any atom is -0.487 e. The zero-order chi connectivity index (χ0) is 15.4. The number of halogens is 1. The lowest BCUT2D eigenvalue weighted by atomic mass is 9.80. The molecule has 0 heterocycles. The SMILES string of the molecule is CCC(N)Cc1ccc(OC2CCC(C)C(C)C2)c(F)c1. The Morgan fingerprint density at radius 3 is 2.67 bits per heavy atom. The molecule has 1 saturated carbocycles. The molecule has 4 atom stereocenters. The van der Waals surface area contributed by atoms with Crippen LogP contribution < -0.4 is 10.5 Å². The molecule has 1 aromatic carbocycles. The summed E-state index contributed by atoms with van der Waals surface area (Å²) in [5.74, 6) is 1.51. The summed E-state index contributed by atoms with van der Waals surface area (Å²) in [5.41, 5.74) is 6.86.